The molecule has 0 spiro atoms. The van der Waals surface area contributed by atoms with Crippen LogP contribution in [0.5, 0.6) is 0 Å². The van der Waals surface area contributed by atoms with Crippen LogP contribution in [-0.4, -0.2) is 0 Å². The fourth-order valence-electron chi connectivity index (χ4n) is 7.08. The summed E-state index contributed by atoms with van der Waals surface area (Å²) in [5, 5.41) is 0. The van der Waals surface area contributed by atoms with Crippen LogP contribution in [0.1, 0.15) is 109 Å². The highest BCUT2D eigenvalue weighted by atomic mass is 14.4. The van der Waals surface area contributed by atoms with Gasteiger partial charge < -0.3 is 0 Å². The summed E-state index contributed by atoms with van der Waals surface area (Å²) in [5.74, 6) is 1.36. The molecule has 0 amide bonds. The van der Waals surface area contributed by atoms with E-state index in [1.54, 1.807) is 33.4 Å². The lowest BCUT2D eigenvalue weighted by molar-refractivity contribution is 0.565. The van der Waals surface area contributed by atoms with Crippen molar-refractivity contribution in [1.29, 1.82) is 0 Å². The molecule has 0 fully saturated rings. The molecule has 2 unspecified atom stereocenters. The van der Waals surface area contributed by atoms with Crippen molar-refractivity contribution in [3.63, 3.8) is 0 Å². The molecule has 6 rings (SSSR count). The van der Waals surface area contributed by atoms with E-state index >= 15 is 0 Å². The van der Waals surface area contributed by atoms with Gasteiger partial charge in [0.1, 0.15) is 0 Å². The standard InChI is InChI=1S/C30H34/c1-19-11-13-27-25(21-7-3-5-9-23(21)29(27)17-19)15-16-26-22-8-4-6-10-24(22)30-18-20(2)12-14-28(26)30/h11-14,17-18,25-26H,3-10,15-16H2,1-2H3. The summed E-state index contributed by atoms with van der Waals surface area (Å²) in [6.45, 7) is 4.51. The number of hydrogen-bond acceptors (Lipinski definition) is 0. The lowest BCUT2D eigenvalue weighted by Gasteiger charge is -2.24. The van der Waals surface area contributed by atoms with Crippen molar-refractivity contribution in [2.75, 3.05) is 0 Å². The summed E-state index contributed by atoms with van der Waals surface area (Å²) in [7, 11) is 0. The summed E-state index contributed by atoms with van der Waals surface area (Å²) >= 11 is 0. The number of rotatable bonds is 3. The van der Waals surface area contributed by atoms with Gasteiger partial charge in [-0.1, -0.05) is 58.7 Å². The third kappa shape index (κ3) is 2.87. The molecular formula is C30H34. The first-order valence-corrected chi connectivity index (χ1v) is 12.4. The third-order valence-corrected chi connectivity index (χ3v) is 8.42. The maximum Gasteiger partial charge on any atom is 0.00605 e. The highest BCUT2D eigenvalue weighted by Crippen LogP contribution is 2.54. The molecule has 0 heterocycles. The summed E-state index contributed by atoms with van der Waals surface area (Å²) in [5.41, 5.74) is 16.4. The first kappa shape index (κ1) is 18.7. The predicted molar refractivity (Wildman–Crippen MR) is 128 cm³/mol. The van der Waals surface area contributed by atoms with Gasteiger partial charge in [0.15, 0.2) is 0 Å². The van der Waals surface area contributed by atoms with E-state index in [1.165, 1.54) is 75.3 Å². The Morgan fingerprint density at radius 1 is 0.600 bits per heavy atom. The molecule has 0 heteroatoms. The molecule has 0 bridgehead atoms. The van der Waals surface area contributed by atoms with Gasteiger partial charge in [0, 0.05) is 11.8 Å². The molecule has 4 aliphatic rings. The molecule has 0 saturated carbocycles. The fourth-order valence-corrected chi connectivity index (χ4v) is 7.08. The predicted octanol–water partition coefficient (Wildman–Crippen LogP) is 8.63. The number of hydrogen-bond donors (Lipinski definition) is 0. The van der Waals surface area contributed by atoms with Gasteiger partial charge in [0.25, 0.3) is 0 Å². The van der Waals surface area contributed by atoms with Gasteiger partial charge in [-0.25, -0.2) is 0 Å². The zero-order chi connectivity index (χ0) is 20.2. The molecule has 154 valence electrons. The van der Waals surface area contributed by atoms with E-state index in [2.05, 4.69) is 50.2 Å². The van der Waals surface area contributed by atoms with Crippen molar-refractivity contribution in [1.82, 2.24) is 0 Å². The Morgan fingerprint density at radius 3 is 1.50 bits per heavy atom. The van der Waals surface area contributed by atoms with Crippen molar-refractivity contribution < 1.29 is 0 Å². The van der Waals surface area contributed by atoms with E-state index in [0.29, 0.717) is 11.8 Å². The average Bonchev–Trinajstić information content (AvgIpc) is 3.24. The van der Waals surface area contributed by atoms with Gasteiger partial charge in [0.05, 0.1) is 0 Å². The van der Waals surface area contributed by atoms with Gasteiger partial charge in [-0.05, 0) is 111 Å². The highest BCUT2D eigenvalue weighted by Gasteiger charge is 2.36. The van der Waals surface area contributed by atoms with Gasteiger partial charge in [-0.15, -0.1) is 0 Å². The van der Waals surface area contributed by atoms with E-state index in [4.69, 9.17) is 0 Å². The minimum Gasteiger partial charge on any atom is -0.0590 e. The van der Waals surface area contributed by atoms with Crippen molar-refractivity contribution in [2.45, 2.75) is 89.9 Å². The lowest BCUT2D eigenvalue weighted by atomic mass is 9.80. The largest absolute Gasteiger partial charge is 0.0590 e. The summed E-state index contributed by atoms with van der Waals surface area (Å²) < 4.78 is 0. The topological polar surface area (TPSA) is 0 Å². The third-order valence-electron chi connectivity index (χ3n) is 8.42. The number of benzene rings is 2. The second-order valence-electron chi connectivity index (χ2n) is 10.3. The van der Waals surface area contributed by atoms with Crippen LogP contribution in [0.2, 0.25) is 0 Å². The zero-order valence-electron chi connectivity index (χ0n) is 18.7. The molecule has 0 N–H and O–H groups in total. The first-order valence-electron chi connectivity index (χ1n) is 12.4. The van der Waals surface area contributed by atoms with Crippen molar-refractivity contribution in [2.24, 2.45) is 0 Å². The van der Waals surface area contributed by atoms with E-state index in [9.17, 15) is 0 Å². The molecule has 30 heavy (non-hydrogen) atoms. The molecule has 4 aliphatic carbocycles. The Hall–Kier alpha value is -2.08. The van der Waals surface area contributed by atoms with Crippen LogP contribution >= 0.6 is 0 Å². The van der Waals surface area contributed by atoms with E-state index in [-0.39, 0.29) is 0 Å². The number of aryl methyl sites for hydroxylation is 2. The molecule has 0 aromatic heterocycles. The Labute approximate surface area is 182 Å². The van der Waals surface area contributed by atoms with Crippen LogP contribution in [0.4, 0.5) is 0 Å². The van der Waals surface area contributed by atoms with Crippen LogP contribution in [0.25, 0.3) is 11.1 Å². The van der Waals surface area contributed by atoms with Crippen molar-refractivity contribution >= 4 is 11.1 Å². The normalized spacial score (nSPS) is 24.6. The molecule has 2 aromatic carbocycles. The molecule has 2 atom stereocenters. The Morgan fingerprint density at radius 2 is 1.03 bits per heavy atom. The Kier molecular flexibility index (Phi) is 4.52. The van der Waals surface area contributed by atoms with Crippen LogP contribution < -0.4 is 0 Å². The van der Waals surface area contributed by atoms with Crippen LogP contribution in [0, 0.1) is 13.8 Å². The second-order valence-corrected chi connectivity index (χ2v) is 10.3. The summed E-state index contributed by atoms with van der Waals surface area (Å²) in [4.78, 5) is 0. The fraction of sp³-hybridized carbons (Fsp3) is 0.467. The lowest BCUT2D eigenvalue weighted by Crippen LogP contribution is -2.07. The smallest absolute Gasteiger partial charge is 0.00605 e. The van der Waals surface area contributed by atoms with Crippen LogP contribution in [0.3, 0.4) is 0 Å². The highest BCUT2D eigenvalue weighted by molar-refractivity contribution is 5.80. The minimum absolute atomic E-state index is 0.679. The second kappa shape index (κ2) is 7.26. The molecule has 0 saturated heterocycles. The molecule has 0 nitrogen and oxygen atoms in total. The zero-order valence-corrected chi connectivity index (χ0v) is 18.7. The van der Waals surface area contributed by atoms with Crippen molar-refractivity contribution in [3.05, 3.63) is 80.9 Å². The van der Waals surface area contributed by atoms with Crippen molar-refractivity contribution in [3.8, 4) is 0 Å². The Balaban J connectivity index is 1.34. The van der Waals surface area contributed by atoms with Crippen LogP contribution in [-0.2, 0) is 0 Å². The quantitative estimate of drug-likeness (QED) is 0.488. The average molecular weight is 395 g/mol. The number of allylic oxidation sites excluding steroid dienone is 4. The first-order chi connectivity index (χ1) is 14.7. The van der Waals surface area contributed by atoms with Crippen LogP contribution in [0.15, 0.2) is 47.5 Å². The monoisotopic (exact) mass is 394 g/mol. The summed E-state index contributed by atoms with van der Waals surface area (Å²) in [6.07, 6.45) is 13.5. The molecule has 0 aliphatic heterocycles. The van der Waals surface area contributed by atoms with Gasteiger partial charge >= 0.3 is 0 Å². The van der Waals surface area contributed by atoms with E-state index < -0.39 is 0 Å². The van der Waals surface area contributed by atoms with E-state index in [1.807, 2.05) is 11.1 Å². The van der Waals surface area contributed by atoms with E-state index in [0.717, 1.165) is 0 Å². The minimum atomic E-state index is 0.679. The SMILES string of the molecule is Cc1ccc2c(c1)C1=C(CCCC1)C2CCC1C2=C(CCCC2)c2cc(C)ccc21. The maximum atomic E-state index is 2.48. The maximum absolute atomic E-state index is 2.48. The van der Waals surface area contributed by atoms with Gasteiger partial charge in [-0.3, -0.25) is 0 Å². The Bertz CT molecular complexity index is 990. The molecule has 2 aromatic rings. The van der Waals surface area contributed by atoms with Gasteiger partial charge in [-0.2, -0.15) is 0 Å². The summed E-state index contributed by atoms with van der Waals surface area (Å²) in [6, 6.07) is 14.6. The molecular weight excluding hydrogens is 360 g/mol. The molecule has 0 radical (unpaired) electrons. The number of fused-ring (bicyclic) bond motifs is 4. The van der Waals surface area contributed by atoms with Gasteiger partial charge in [0.2, 0.25) is 0 Å².